The highest BCUT2D eigenvalue weighted by atomic mass is 19.2. The van der Waals surface area contributed by atoms with Crippen LogP contribution in [0.1, 0.15) is 0 Å². The molecule has 0 aliphatic carbocycles. The summed E-state index contributed by atoms with van der Waals surface area (Å²) in [5.74, 6) is -33.2. The molecule has 0 aromatic heterocycles. The molecular weight excluding hydrogens is 578 g/mol. The second kappa shape index (κ2) is 9.10. The second-order valence-corrected chi connectivity index (χ2v) is 8.27. The van der Waals surface area contributed by atoms with Gasteiger partial charge in [0.05, 0.1) is 0 Å². The number of fused-ring (bicyclic) bond motifs is 2. The van der Waals surface area contributed by atoms with Crippen molar-refractivity contribution in [2.24, 2.45) is 0 Å². The van der Waals surface area contributed by atoms with E-state index in [1.807, 2.05) is 0 Å². The summed E-state index contributed by atoms with van der Waals surface area (Å²) in [6.45, 7) is 0. The van der Waals surface area contributed by atoms with Gasteiger partial charge in [-0.1, -0.05) is 0 Å². The van der Waals surface area contributed by atoms with Gasteiger partial charge in [0.25, 0.3) is 0 Å². The highest BCUT2D eigenvalue weighted by molar-refractivity contribution is 6.22. The third-order valence-corrected chi connectivity index (χ3v) is 6.08. The Hall–Kier alpha value is -4.36. The summed E-state index contributed by atoms with van der Waals surface area (Å²) in [6.07, 6.45) is 0. The van der Waals surface area contributed by atoms with Gasteiger partial charge in [0.1, 0.15) is 0 Å². The zero-order valence-electron chi connectivity index (χ0n) is 18.6. The van der Waals surface area contributed by atoms with E-state index in [1.165, 1.54) is 0 Å². The summed E-state index contributed by atoms with van der Waals surface area (Å²) in [6, 6.07) is -0.108. The van der Waals surface area contributed by atoms with Crippen LogP contribution >= 0.6 is 0 Å². The summed E-state index contributed by atoms with van der Waals surface area (Å²) in [4.78, 5) is 0. The predicted molar refractivity (Wildman–Crippen MR) is 112 cm³/mol. The van der Waals surface area contributed by atoms with Gasteiger partial charge in [-0.15, -0.1) is 0 Å². The minimum absolute atomic E-state index is 0.0270. The fraction of sp³-hybridized carbons (Fsp3) is 0. The second-order valence-electron chi connectivity index (χ2n) is 8.27. The Morgan fingerprint density at radius 2 is 0.450 bits per heavy atom. The lowest BCUT2D eigenvalue weighted by atomic mass is 9.84. The van der Waals surface area contributed by atoms with Crippen molar-refractivity contribution >= 4 is 21.5 Å². The Morgan fingerprint density at radius 3 is 0.650 bits per heavy atom. The van der Waals surface area contributed by atoms with Gasteiger partial charge < -0.3 is 0 Å². The fourth-order valence-electron chi connectivity index (χ4n) is 4.43. The van der Waals surface area contributed by atoms with Crippen molar-refractivity contribution in [1.29, 1.82) is 0 Å². The van der Waals surface area contributed by atoms with E-state index >= 15 is 17.6 Å². The van der Waals surface area contributed by atoms with Crippen LogP contribution in [0.15, 0.2) is 24.3 Å². The molecule has 0 aliphatic heterocycles. The Kier molecular flexibility index (Phi) is 6.19. The van der Waals surface area contributed by atoms with Crippen molar-refractivity contribution in [1.82, 2.24) is 0 Å². The average Bonchev–Trinajstić information content (AvgIpc) is 2.91. The topological polar surface area (TPSA) is 0 Å². The summed E-state index contributed by atoms with van der Waals surface area (Å²) < 4.78 is 202. The van der Waals surface area contributed by atoms with E-state index in [1.54, 1.807) is 0 Å². The predicted octanol–water partition coefficient (Wildman–Crippen LogP) is 9.27. The molecule has 0 saturated heterocycles. The summed E-state index contributed by atoms with van der Waals surface area (Å²) >= 11 is 0. The van der Waals surface area contributed by atoms with E-state index in [9.17, 15) is 43.9 Å². The van der Waals surface area contributed by atoms with Crippen LogP contribution in [0.2, 0.25) is 0 Å². The van der Waals surface area contributed by atoms with Crippen LogP contribution in [0.5, 0.6) is 0 Å². The monoisotopic (exact) mass is 582 g/mol. The first-order chi connectivity index (χ1) is 18.7. The SMILES string of the molecule is Fc1cc(-c2c3c(F)c(F)c(F)c(F)c3c(-c3cc(F)c(F)c(F)c3)c3c(F)c(F)c(F)c(F)c23)cc(F)c1F. The smallest absolute Gasteiger partial charge is 0.198 e. The molecule has 0 amide bonds. The van der Waals surface area contributed by atoms with Crippen LogP contribution in [-0.2, 0) is 0 Å². The number of halogens is 14. The number of hydrogen-bond acceptors (Lipinski definition) is 0. The largest absolute Gasteiger partial charge is 0.204 e. The molecule has 0 heterocycles. The molecule has 14 heteroatoms. The van der Waals surface area contributed by atoms with Crippen molar-refractivity contribution in [2.45, 2.75) is 0 Å². The first-order valence-electron chi connectivity index (χ1n) is 10.5. The van der Waals surface area contributed by atoms with Crippen LogP contribution in [0.4, 0.5) is 61.5 Å². The molecule has 5 aromatic carbocycles. The van der Waals surface area contributed by atoms with E-state index < -0.39 is 125 Å². The molecule has 5 aromatic rings. The van der Waals surface area contributed by atoms with Gasteiger partial charge in [-0.25, -0.2) is 61.5 Å². The van der Waals surface area contributed by atoms with E-state index in [0.717, 1.165) is 0 Å². The van der Waals surface area contributed by atoms with Crippen molar-refractivity contribution in [3.05, 3.63) is 106 Å². The normalized spacial score (nSPS) is 11.8. The molecule has 0 bridgehead atoms. The zero-order chi connectivity index (χ0) is 29.5. The molecule has 0 radical (unpaired) electrons. The van der Waals surface area contributed by atoms with Gasteiger partial charge >= 0.3 is 0 Å². The maximum Gasteiger partial charge on any atom is 0.198 e. The minimum atomic E-state index is -2.65. The molecule has 0 nitrogen and oxygen atoms in total. The first-order valence-corrected chi connectivity index (χ1v) is 10.5. The third-order valence-electron chi connectivity index (χ3n) is 6.08. The summed E-state index contributed by atoms with van der Waals surface area (Å²) in [5, 5.41) is -6.89. The van der Waals surface area contributed by atoms with Gasteiger partial charge in [0.15, 0.2) is 81.4 Å². The van der Waals surface area contributed by atoms with E-state index in [4.69, 9.17) is 0 Å². The Balaban J connectivity index is 2.25. The van der Waals surface area contributed by atoms with Crippen molar-refractivity contribution in [2.75, 3.05) is 0 Å². The highest BCUT2D eigenvalue weighted by Gasteiger charge is 2.34. The number of rotatable bonds is 2. The number of benzene rings is 5. The molecule has 5 rings (SSSR count). The highest BCUT2D eigenvalue weighted by Crippen LogP contribution is 2.49. The Labute approximate surface area is 211 Å². The average molecular weight is 582 g/mol. The van der Waals surface area contributed by atoms with Gasteiger partial charge in [-0.2, -0.15) is 0 Å². The van der Waals surface area contributed by atoms with Gasteiger partial charge in [-0.05, 0) is 35.4 Å². The van der Waals surface area contributed by atoms with Crippen molar-refractivity contribution < 1.29 is 61.5 Å². The lowest BCUT2D eigenvalue weighted by Crippen LogP contribution is -2.07. The van der Waals surface area contributed by atoms with Crippen LogP contribution in [0, 0.1) is 81.4 Å². The Bertz CT molecular complexity index is 1680. The summed E-state index contributed by atoms with van der Waals surface area (Å²) in [5.41, 5.74) is -5.58. The first kappa shape index (κ1) is 27.2. The molecular formula is C26H4F14. The number of hydrogen-bond donors (Lipinski definition) is 0. The van der Waals surface area contributed by atoms with Gasteiger partial charge in [0, 0.05) is 32.7 Å². The maximum absolute atomic E-state index is 15.3. The van der Waals surface area contributed by atoms with Crippen LogP contribution in [0.3, 0.4) is 0 Å². The van der Waals surface area contributed by atoms with E-state index in [-0.39, 0.29) is 24.3 Å². The summed E-state index contributed by atoms with van der Waals surface area (Å²) in [7, 11) is 0. The third kappa shape index (κ3) is 3.61. The standard InChI is InChI=1S/C26H4F14/c27-7-1-5(2-8(28)17(7)31)11-13-15(21(35)25(39)23(37)19(13)33)12(6-3-9(29)18(32)10(30)4-6)16-14(11)20(34)24(38)26(40)22(16)36/h1-4H. The zero-order valence-corrected chi connectivity index (χ0v) is 18.6. The van der Waals surface area contributed by atoms with E-state index in [2.05, 4.69) is 0 Å². The van der Waals surface area contributed by atoms with Crippen molar-refractivity contribution in [3.63, 3.8) is 0 Å². The molecule has 40 heavy (non-hydrogen) atoms. The molecule has 0 unspecified atom stereocenters. The van der Waals surface area contributed by atoms with Gasteiger partial charge in [-0.3, -0.25) is 0 Å². The van der Waals surface area contributed by atoms with Crippen LogP contribution < -0.4 is 0 Å². The van der Waals surface area contributed by atoms with Gasteiger partial charge in [0.2, 0.25) is 0 Å². The fourth-order valence-corrected chi connectivity index (χ4v) is 4.43. The molecule has 0 spiro atoms. The molecule has 0 aliphatic rings. The molecule has 0 atom stereocenters. The van der Waals surface area contributed by atoms with Crippen LogP contribution in [-0.4, -0.2) is 0 Å². The van der Waals surface area contributed by atoms with Crippen molar-refractivity contribution in [3.8, 4) is 22.3 Å². The molecule has 0 fully saturated rings. The lowest BCUT2D eigenvalue weighted by Gasteiger charge is -2.21. The molecule has 0 N–H and O–H groups in total. The molecule has 206 valence electrons. The quantitative estimate of drug-likeness (QED) is 0.0843. The minimum Gasteiger partial charge on any atom is -0.204 e. The molecule has 0 saturated carbocycles. The Morgan fingerprint density at radius 1 is 0.250 bits per heavy atom. The van der Waals surface area contributed by atoms with Crippen LogP contribution in [0.25, 0.3) is 43.8 Å². The van der Waals surface area contributed by atoms with E-state index in [0.29, 0.717) is 0 Å². The maximum atomic E-state index is 15.3. The lowest BCUT2D eigenvalue weighted by molar-refractivity contribution is 0.416.